The third-order valence-corrected chi connectivity index (χ3v) is 5.27. The maximum absolute atomic E-state index is 5.86. The Hall–Kier alpha value is -2.80. The van der Waals surface area contributed by atoms with Crippen LogP contribution in [0.15, 0.2) is 68.0 Å². The molecule has 192 valence electrons. The minimum absolute atomic E-state index is 0.585. The zero-order valence-electron chi connectivity index (χ0n) is 21.0. The minimum Gasteiger partial charge on any atom is -0.494 e. The summed E-state index contributed by atoms with van der Waals surface area (Å²) >= 11 is 0. The van der Waals surface area contributed by atoms with Crippen LogP contribution in [0.3, 0.4) is 0 Å². The highest BCUT2D eigenvalue weighted by Gasteiger charge is 2.03. The molecule has 0 aliphatic heterocycles. The van der Waals surface area contributed by atoms with Gasteiger partial charge in [-0.1, -0.05) is 56.0 Å². The lowest BCUT2D eigenvalue weighted by molar-refractivity contribution is -0.248. The Labute approximate surface area is 210 Å². The average molecular weight is 485 g/mol. The predicted molar refractivity (Wildman–Crippen MR) is 140 cm³/mol. The van der Waals surface area contributed by atoms with Crippen LogP contribution in [-0.2, 0) is 24.0 Å². The van der Waals surface area contributed by atoms with Crippen molar-refractivity contribution < 1.29 is 28.7 Å². The lowest BCUT2D eigenvalue weighted by Gasteiger charge is -2.11. The molecule has 0 aromatic heterocycles. The van der Waals surface area contributed by atoms with E-state index in [9.17, 15) is 0 Å². The fourth-order valence-electron chi connectivity index (χ4n) is 3.34. The Balaban J connectivity index is 1.63. The second kappa shape index (κ2) is 18.5. The molecule has 0 saturated carbocycles. The molecule has 0 unspecified atom stereocenters. The molecule has 0 spiro atoms. The molecule has 6 nitrogen and oxygen atoms in total. The number of methoxy groups -OCH3 is 1. The van der Waals surface area contributed by atoms with Crippen molar-refractivity contribution in [3.63, 3.8) is 0 Å². The fraction of sp³-hybridized carbons (Fsp3) is 0.448. The number of unbranched alkanes of at least 4 members (excludes halogenated alkanes) is 3. The van der Waals surface area contributed by atoms with Crippen LogP contribution in [0.4, 0.5) is 0 Å². The first-order chi connectivity index (χ1) is 17.2. The van der Waals surface area contributed by atoms with Crippen molar-refractivity contribution in [2.24, 2.45) is 0 Å². The standard InChI is InChI=1S/C29H40O6/c1-4-34-35-24-8-6-5-7-22-33-29-17-15-28(16-18-29)27-13-11-26(12-14-27)25(2)32-23-10-21-31-20-9-19-30-3/h4,11-18H,1-2,5-10,19-24H2,3H3. The quantitative estimate of drug-likeness (QED) is 0.0839. The Morgan fingerprint density at radius 2 is 1.34 bits per heavy atom. The summed E-state index contributed by atoms with van der Waals surface area (Å²) in [5.74, 6) is 1.56. The second-order valence-electron chi connectivity index (χ2n) is 8.03. The zero-order valence-corrected chi connectivity index (χ0v) is 21.0. The number of hydrogen-bond acceptors (Lipinski definition) is 6. The van der Waals surface area contributed by atoms with Crippen molar-refractivity contribution in [3.8, 4) is 16.9 Å². The minimum atomic E-state index is 0.585. The first-order valence-electron chi connectivity index (χ1n) is 12.4. The van der Waals surface area contributed by atoms with Gasteiger partial charge < -0.3 is 23.8 Å². The molecule has 2 aromatic carbocycles. The summed E-state index contributed by atoms with van der Waals surface area (Å²) in [6.45, 7) is 11.5. The van der Waals surface area contributed by atoms with Gasteiger partial charge in [-0.15, -0.1) is 0 Å². The molecule has 0 saturated heterocycles. The van der Waals surface area contributed by atoms with E-state index in [2.05, 4.69) is 42.3 Å². The first-order valence-corrected chi connectivity index (χ1v) is 12.4. The summed E-state index contributed by atoms with van der Waals surface area (Å²) < 4.78 is 22.2. The van der Waals surface area contributed by atoms with Gasteiger partial charge in [-0.3, -0.25) is 0 Å². The highest BCUT2D eigenvalue weighted by atomic mass is 17.2. The number of ether oxygens (including phenoxy) is 4. The summed E-state index contributed by atoms with van der Waals surface area (Å²) in [7, 11) is 1.70. The number of hydrogen-bond donors (Lipinski definition) is 0. The molecule has 0 bridgehead atoms. The molecule has 0 fully saturated rings. The zero-order chi connectivity index (χ0) is 25.0. The number of benzene rings is 2. The van der Waals surface area contributed by atoms with Gasteiger partial charge in [0.1, 0.15) is 17.8 Å². The Morgan fingerprint density at radius 1 is 0.714 bits per heavy atom. The van der Waals surface area contributed by atoms with Crippen molar-refractivity contribution in [2.75, 3.05) is 46.8 Å². The summed E-state index contributed by atoms with van der Waals surface area (Å²) in [5.41, 5.74) is 3.26. The van der Waals surface area contributed by atoms with Gasteiger partial charge in [0.2, 0.25) is 0 Å². The molecule has 2 rings (SSSR count). The third kappa shape index (κ3) is 12.5. The van der Waals surface area contributed by atoms with Crippen LogP contribution in [-0.4, -0.2) is 46.8 Å². The van der Waals surface area contributed by atoms with E-state index in [1.807, 2.05) is 24.3 Å². The van der Waals surface area contributed by atoms with Crippen LogP contribution in [0.2, 0.25) is 0 Å². The van der Waals surface area contributed by atoms with Crippen LogP contribution in [0, 0.1) is 0 Å². The molecule has 0 radical (unpaired) electrons. The molecule has 35 heavy (non-hydrogen) atoms. The van der Waals surface area contributed by atoms with Crippen molar-refractivity contribution >= 4 is 5.76 Å². The molecule has 0 N–H and O–H groups in total. The molecular weight excluding hydrogens is 444 g/mol. The van der Waals surface area contributed by atoms with Gasteiger partial charge in [0.25, 0.3) is 0 Å². The lowest BCUT2D eigenvalue weighted by Crippen LogP contribution is -2.03. The molecule has 0 aliphatic carbocycles. The SMILES string of the molecule is C=COOCCCCCCOc1ccc(-c2ccc(C(=C)OCCCOCCCOC)cc2)cc1. The van der Waals surface area contributed by atoms with Gasteiger partial charge >= 0.3 is 0 Å². The molecule has 2 aromatic rings. The van der Waals surface area contributed by atoms with Crippen molar-refractivity contribution in [1.82, 2.24) is 0 Å². The molecule has 6 heteroatoms. The van der Waals surface area contributed by atoms with Crippen LogP contribution in [0.5, 0.6) is 5.75 Å². The average Bonchev–Trinajstić information content (AvgIpc) is 2.89. The summed E-state index contributed by atoms with van der Waals surface area (Å²) in [6, 6.07) is 16.4. The molecular formula is C29H40O6. The van der Waals surface area contributed by atoms with Gasteiger partial charge in [-0.05, 0) is 48.9 Å². The fourth-order valence-corrected chi connectivity index (χ4v) is 3.34. The largest absolute Gasteiger partial charge is 0.494 e. The normalized spacial score (nSPS) is 10.7. The molecule has 0 atom stereocenters. The Kier molecular flexibility index (Phi) is 15.0. The van der Waals surface area contributed by atoms with Gasteiger partial charge in [0.15, 0.2) is 0 Å². The van der Waals surface area contributed by atoms with Crippen LogP contribution < -0.4 is 4.74 Å². The highest BCUT2D eigenvalue weighted by Crippen LogP contribution is 2.25. The summed E-state index contributed by atoms with van der Waals surface area (Å²) in [4.78, 5) is 9.53. The van der Waals surface area contributed by atoms with E-state index >= 15 is 0 Å². The maximum atomic E-state index is 5.86. The van der Waals surface area contributed by atoms with E-state index in [1.165, 1.54) is 6.26 Å². The summed E-state index contributed by atoms with van der Waals surface area (Å²) in [6.07, 6.45) is 7.19. The van der Waals surface area contributed by atoms with E-state index in [4.69, 9.17) is 23.8 Å². The third-order valence-electron chi connectivity index (χ3n) is 5.27. The van der Waals surface area contributed by atoms with E-state index in [1.54, 1.807) is 7.11 Å². The van der Waals surface area contributed by atoms with E-state index in [0.717, 1.165) is 67.6 Å². The van der Waals surface area contributed by atoms with Gasteiger partial charge in [-0.2, -0.15) is 4.89 Å². The van der Waals surface area contributed by atoms with E-state index in [-0.39, 0.29) is 0 Å². The smallest absolute Gasteiger partial charge is 0.122 e. The van der Waals surface area contributed by atoms with Crippen LogP contribution >= 0.6 is 0 Å². The second-order valence-corrected chi connectivity index (χ2v) is 8.03. The molecule has 0 amide bonds. The van der Waals surface area contributed by atoms with Crippen molar-refractivity contribution in [3.05, 3.63) is 73.5 Å². The van der Waals surface area contributed by atoms with Crippen molar-refractivity contribution in [1.29, 1.82) is 0 Å². The van der Waals surface area contributed by atoms with Gasteiger partial charge in [0.05, 0.1) is 19.8 Å². The first kappa shape index (κ1) is 28.4. The van der Waals surface area contributed by atoms with Gasteiger partial charge in [-0.25, -0.2) is 0 Å². The van der Waals surface area contributed by atoms with E-state index in [0.29, 0.717) is 38.8 Å². The molecule has 0 aliphatic rings. The monoisotopic (exact) mass is 484 g/mol. The van der Waals surface area contributed by atoms with E-state index < -0.39 is 0 Å². The summed E-state index contributed by atoms with van der Waals surface area (Å²) in [5, 5.41) is 0. The van der Waals surface area contributed by atoms with Crippen molar-refractivity contribution in [2.45, 2.75) is 38.5 Å². The van der Waals surface area contributed by atoms with Crippen LogP contribution in [0.25, 0.3) is 16.9 Å². The number of rotatable bonds is 21. The maximum Gasteiger partial charge on any atom is 0.122 e. The Bertz CT molecular complexity index is 816. The molecule has 0 heterocycles. The lowest BCUT2D eigenvalue weighted by atomic mass is 10.0. The highest BCUT2D eigenvalue weighted by molar-refractivity contribution is 5.67. The predicted octanol–water partition coefficient (Wildman–Crippen LogP) is 6.82. The van der Waals surface area contributed by atoms with Crippen LogP contribution in [0.1, 0.15) is 44.1 Å². The Morgan fingerprint density at radius 3 is 2.00 bits per heavy atom. The van der Waals surface area contributed by atoms with Gasteiger partial charge in [0, 0.05) is 38.9 Å². The topological polar surface area (TPSA) is 55.4 Å².